The molecule has 0 bridgehead atoms. The molecule has 3 rings (SSSR count). The van der Waals surface area contributed by atoms with Gasteiger partial charge in [-0.05, 0) is 14.0 Å². The van der Waals surface area contributed by atoms with Crippen LogP contribution >= 0.6 is 0 Å². The molecule has 2 fully saturated rings. The lowest BCUT2D eigenvalue weighted by molar-refractivity contribution is 0.312. The summed E-state index contributed by atoms with van der Waals surface area (Å²) < 4.78 is 0. The molecule has 2 saturated heterocycles. The minimum Gasteiger partial charge on any atom is -0.365 e. The number of aryl methyl sites for hydroxylation is 1. The quantitative estimate of drug-likeness (QED) is 0.795. The van der Waals surface area contributed by atoms with Gasteiger partial charge in [0.25, 0.3) is 0 Å². The second-order valence-corrected chi connectivity index (χ2v) is 5.45. The Balaban J connectivity index is 1.73. The highest BCUT2D eigenvalue weighted by molar-refractivity contribution is 5.50. The van der Waals surface area contributed by atoms with Crippen LogP contribution in [0.4, 0.5) is 11.6 Å². The Bertz CT molecular complexity index is 437. The number of hydrogen-bond acceptors (Lipinski definition) is 6. The van der Waals surface area contributed by atoms with Crippen molar-refractivity contribution in [3.05, 3.63) is 11.9 Å². The van der Waals surface area contributed by atoms with Gasteiger partial charge < -0.3 is 20.4 Å². The van der Waals surface area contributed by atoms with Gasteiger partial charge in [-0.1, -0.05) is 0 Å². The van der Waals surface area contributed by atoms with E-state index in [1.165, 1.54) is 0 Å². The molecule has 104 valence electrons. The van der Waals surface area contributed by atoms with Crippen molar-refractivity contribution < 1.29 is 0 Å². The maximum Gasteiger partial charge on any atom is 0.134 e. The number of anilines is 2. The van der Waals surface area contributed by atoms with E-state index >= 15 is 0 Å². The summed E-state index contributed by atoms with van der Waals surface area (Å²) in [6.45, 7) is 8.27. The zero-order valence-electron chi connectivity index (χ0n) is 11.7. The van der Waals surface area contributed by atoms with Crippen molar-refractivity contribution in [1.29, 1.82) is 0 Å². The standard InChI is InChI=1S/C13H22N6/c1-10-15-12(17-11-8-14-9-11)7-13(16-10)19-5-3-18(2)4-6-19/h7,11,14H,3-6,8-9H2,1-2H3,(H,15,16,17). The van der Waals surface area contributed by atoms with Crippen molar-refractivity contribution in [1.82, 2.24) is 20.2 Å². The fourth-order valence-corrected chi connectivity index (χ4v) is 2.42. The molecule has 6 heteroatoms. The summed E-state index contributed by atoms with van der Waals surface area (Å²) in [5, 5.41) is 6.71. The van der Waals surface area contributed by atoms with Crippen LogP contribution in [0.5, 0.6) is 0 Å². The summed E-state index contributed by atoms with van der Waals surface area (Å²) >= 11 is 0. The Morgan fingerprint density at radius 2 is 1.95 bits per heavy atom. The van der Waals surface area contributed by atoms with E-state index in [1.54, 1.807) is 0 Å². The Labute approximate surface area is 114 Å². The average Bonchev–Trinajstić information content (AvgIpc) is 2.34. The highest BCUT2D eigenvalue weighted by Gasteiger charge is 2.19. The molecule has 0 spiro atoms. The maximum absolute atomic E-state index is 4.57. The molecular weight excluding hydrogens is 240 g/mol. The molecule has 0 unspecified atom stereocenters. The number of aromatic nitrogens is 2. The van der Waals surface area contributed by atoms with Crippen molar-refractivity contribution in [2.75, 3.05) is 56.5 Å². The van der Waals surface area contributed by atoms with Crippen LogP contribution in [-0.2, 0) is 0 Å². The second-order valence-electron chi connectivity index (χ2n) is 5.45. The third-order valence-corrected chi connectivity index (χ3v) is 3.79. The van der Waals surface area contributed by atoms with Crippen molar-refractivity contribution in [2.45, 2.75) is 13.0 Å². The van der Waals surface area contributed by atoms with E-state index in [2.05, 4.69) is 43.5 Å². The first-order valence-corrected chi connectivity index (χ1v) is 6.97. The van der Waals surface area contributed by atoms with Crippen LogP contribution in [0.2, 0.25) is 0 Å². The predicted molar refractivity (Wildman–Crippen MR) is 76.8 cm³/mol. The normalized spacial score (nSPS) is 21.3. The van der Waals surface area contributed by atoms with E-state index in [-0.39, 0.29) is 0 Å². The monoisotopic (exact) mass is 262 g/mol. The molecule has 0 saturated carbocycles. The smallest absolute Gasteiger partial charge is 0.134 e. The molecule has 6 nitrogen and oxygen atoms in total. The van der Waals surface area contributed by atoms with E-state index < -0.39 is 0 Å². The van der Waals surface area contributed by atoms with Crippen molar-refractivity contribution in [2.24, 2.45) is 0 Å². The molecular formula is C13H22N6. The largest absolute Gasteiger partial charge is 0.365 e. The van der Waals surface area contributed by atoms with E-state index in [0.29, 0.717) is 6.04 Å². The highest BCUT2D eigenvalue weighted by atomic mass is 15.3. The van der Waals surface area contributed by atoms with E-state index in [0.717, 1.165) is 56.7 Å². The maximum atomic E-state index is 4.57. The van der Waals surface area contributed by atoms with E-state index in [9.17, 15) is 0 Å². The van der Waals surface area contributed by atoms with Gasteiger partial charge in [-0.2, -0.15) is 0 Å². The lowest BCUT2D eigenvalue weighted by atomic mass is 10.2. The van der Waals surface area contributed by atoms with E-state index in [4.69, 9.17) is 0 Å². The molecule has 0 atom stereocenters. The number of piperazine rings is 1. The summed E-state index contributed by atoms with van der Waals surface area (Å²) in [5.41, 5.74) is 0. The molecule has 2 aliphatic rings. The molecule has 19 heavy (non-hydrogen) atoms. The Morgan fingerprint density at radius 3 is 2.58 bits per heavy atom. The van der Waals surface area contributed by atoms with Crippen molar-refractivity contribution in [3.8, 4) is 0 Å². The number of likely N-dealkylation sites (N-methyl/N-ethyl adjacent to an activating group) is 1. The topological polar surface area (TPSA) is 56.3 Å². The average molecular weight is 262 g/mol. The van der Waals surface area contributed by atoms with Crippen molar-refractivity contribution >= 4 is 11.6 Å². The van der Waals surface area contributed by atoms with Gasteiger partial charge in [-0.3, -0.25) is 0 Å². The number of nitrogens with zero attached hydrogens (tertiary/aromatic N) is 4. The molecule has 0 radical (unpaired) electrons. The predicted octanol–water partition coefficient (Wildman–Crippen LogP) is -0.0795. The van der Waals surface area contributed by atoms with Gasteiger partial charge in [-0.25, -0.2) is 9.97 Å². The van der Waals surface area contributed by atoms with Crippen molar-refractivity contribution in [3.63, 3.8) is 0 Å². The first-order valence-electron chi connectivity index (χ1n) is 6.97. The summed E-state index contributed by atoms with van der Waals surface area (Å²) in [5.74, 6) is 2.84. The number of nitrogens with one attached hydrogen (secondary N) is 2. The van der Waals surface area contributed by atoms with E-state index in [1.807, 2.05) is 6.92 Å². The first-order chi connectivity index (χ1) is 9.20. The van der Waals surface area contributed by atoms with Gasteiger partial charge >= 0.3 is 0 Å². The van der Waals surface area contributed by atoms with Gasteiger partial charge in [0.1, 0.15) is 17.5 Å². The molecule has 1 aromatic heterocycles. The Morgan fingerprint density at radius 1 is 1.21 bits per heavy atom. The highest BCUT2D eigenvalue weighted by Crippen LogP contribution is 2.18. The molecule has 0 aliphatic carbocycles. The minimum absolute atomic E-state index is 0.509. The van der Waals surface area contributed by atoms with Crippen LogP contribution in [0.25, 0.3) is 0 Å². The summed E-state index contributed by atoms with van der Waals surface area (Å²) in [6, 6.07) is 2.59. The number of hydrogen-bond donors (Lipinski definition) is 2. The fraction of sp³-hybridized carbons (Fsp3) is 0.692. The van der Waals surface area contributed by atoms with Crippen LogP contribution in [0, 0.1) is 6.92 Å². The Kier molecular flexibility index (Phi) is 3.52. The lowest BCUT2D eigenvalue weighted by Crippen LogP contribution is -2.51. The SMILES string of the molecule is Cc1nc(NC2CNC2)cc(N2CCN(C)CC2)n1. The molecule has 0 amide bonds. The zero-order valence-corrected chi connectivity index (χ0v) is 11.7. The van der Waals surface area contributed by atoms with Crippen LogP contribution in [0.1, 0.15) is 5.82 Å². The van der Waals surface area contributed by atoms with Gasteiger partial charge in [0.2, 0.25) is 0 Å². The molecule has 2 aliphatic heterocycles. The second kappa shape index (κ2) is 5.30. The molecule has 2 N–H and O–H groups in total. The van der Waals surface area contributed by atoms with Crippen LogP contribution in [0.15, 0.2) is 6.07 Å². The van der Waals surface area contributed by atoms with Crippen LogP contribution < -0.4 is 15.5 Å². The fourth-order valence-electron chi connectivity index (χ4n) is 2.42. The summed E-state index contributed by atoms with van der Waals surface area (Å²) in [7, 11) is 2.17. The van der Waals surface area contributed by atoms with Gasteiger partial charge in [0, 0.05) is 45.3 Å². The Hall–Kier alpha value is -1.40. The molecule has 3 heterocycles. The summed E-state index contributed by atoms with van der Waals surface area (Å²) in [4.78, 5) is 13.7. The molecule has 1 aromatic rings. The van der Waals surface area contributed by atoms with Gasteiger partial charge in [0.05, 0.1) is 6.04 Å². The third kappa shape index (κ3) is 2.96. The number of rotatable bonds is 3. The third-order valence-electron chi connectivity index (χ3n) is 3.79. The van der Waals surface area contributed by atoms with Crippen LogP contribution in [0.3, 0.4) is 0 Å². The summed E-state index contributed by atoms with van der Waals surface area (Å²) in [6.07, 6.45) is 0. The molecule has 0 aromatic carbocycles. The van der Waals surface area contributed by atoms with Gasteiger partial charge in [-0.15, -0.1) is 0 Å². The van der Waals surface area contributed by atoms with Crippen LogP contribution in [-0.4, -0.2) is 67.2 Å². The zero-order chi connectivity index (χ0) is 13.2. The lowest BCUT2D eigenvalue weighted by Gasteiger charge is -2.34. The van der Waals surface area contributed by atoms with Gasteiger partial charge in [0.15, 0.2) is 0 Å². The first kappa shape index (κ1) is 12.6. The minimum atomic E-state index is 0.509.